The number of carbonyl (C=O) groups is 2. The molecule has 1 N–H and O–H groups in total. The first-order valence-corrected chi connectivity index (χ1v) is 13.7. The van der Waals surface area contributed by atoms with Gasteiger partial charge in [-0.1, -0.05) is 27.7 Å². The molecule has 0 amide bonds. The van der Waals surface area contributed by atoms with Gasteiger partial charge in [0.15, 0.2) is 0 Å². The highest BCUT2D eigenvalue weighted by molar-refractivity contribution is 6.21. The molecule has 4 rings (SSSR count). The number of ketones is 1. The van der Waals surface area contributed by atoms with E-state index in [1.54, 1.807) is 6.92 Å². The third-order valence-corrected chi connectivity index (χ3v) is 11.0. The minimum absolute atomic E-state index is 0.0512. The van der Waals surface area contributed by atoms with Gasteiger partial charge in [0.05, 0.1) is 18.0 Å². The third kappa shape index (κ3) is 4.29. The van der Waals surface area contributed by atoms with E-state index in [-0.39, 0.29) is 45.9 Å². The van der Waals surface area contributed by atoms with Crippen molar-refractivity contribution in [2.24, 2.45) is 40.4 Å². The number of halogens is 1. The summed E-state index contributed by atoms with van der Waals surface area (Å²) in [7, 11) is 0. The van der Waals surface area contributed by atoms with Gasteiger partial charge in [0.2, 0.25) is 0 Å². The van der Waals surface area contributed by atoms with Crippen LogP contribution in [-0.2, 0) is 14.3 Å². The van der Waals surface area contributed by atoms with Gasteiger partial charge in [-0.15, -0.1) is 11.6 Å². The molecule has 4 fully saturated rings. The molecule has 0 heterocycles. The Bertz CT molecular complexity index is 756. The van der Waals surface area contributed by atoms with Crippen molar-refractivity contribution in [2.45, 2.75) is 97.1 Å². The van der Waals surface area contributed by atoms with Crippen LogP contribution in [0, 0.1) is 40.4 Å². The molecule has 10 atom stereocenters. The molecule has 6 heteroatoms. The van der Waals surface area contributed by atoms with E-state index < -0.39 is 6.10 Å². The fourth-order valence-corrected chi connectivity index (χ4v) is 9.38. The van der Waals surface area contributed by atoms with Crippen LogP contribution in [-0.4, -0.2) is 59.0 Å². The van der Waals surface area contributed by atoms with Crippen molar-refractivity contribution in [1.82, 2.24) is 4.90 Å². The number of aliphatic hydroxyl groups excluding tert-OH is 1. The lowest BCUT2D eigenvalue weighted by Gasteiger charge is -2.63. The summed E-state index contributed by atoms with van der Waals surface area (Å²) in [5, 5.41) is 10.3. The molecule has 0 aromatic heterocycles. The number of likely N-dealkylation sites (N-methyl/N-ethyl adjacent to an activating group) is 1. The Morgan fingerprint density at radius 3 is 2.39 bits per heavy atom. The summed E-state index contributed by atoms with van der Waals surface area (Å²) in [6, 6.07) is 0. The molecule has 188 valence electrons. The number of fused-ring (bicyclic) bond motifs is 5. The van der Waals surface area contributed by atoms with E-state index in [1.165, 1.54) is 0 Å². The van der Waals surface area contributed by atoms with Gasteiger partial charge in [-0.3, -0.25) is 14.5 Å². The molecular weight excluding hydrogens is 438 g/mol. The summed E-state index contributed by atoms with van der Waals surface area (Å²) in [6.45, 7) is 12.5. The number of aliphatic hydroxyl groups is 1. The normalized spacial score (nSPS) is 46.9. The third-order valence-electron chi connectivity index (χ3n) is 10.6. The first kappa shape index (κ1) is 25.4. The Balaban J connectivity index is 1.68. The predicted octanol–water partition coefficient (Wildman–Crippen LogP) is 4.68. The fraction of sp³-hybridized carbons (Fsp3) is 0.926. The van der Waals surface area contributed by atoms with Crippen molar-refractivity contribution in [3.63, 3.8) is 0 Å². The highest BCUT2D eigenvalue weighted by atomic mass is 35.5. The topological polar surface area (TPSA) is 66.8 Å². The van der Waals surface area contributed by atoms with Crippen LogP contribution in [0.5, 0.6) is 0 Å². The maximum atomic E-state index is 13.1. The van der Waals surface area contributed by atoms with Crippen LogP contribution in [0.3, 0.4) is 0 Å². The monoisotopic (exact) mass is 481 g/mol. The molecule has 0 spiro atoms. The van der Waals surface area contributed by atoms with Crippen LogP contribution in [0.2, 0.25) is 0 Å². The Labute approximate surface area is 204 Å². The predicted molar refractivity (Wildman–Crippen MR) is 130 cm³/mol. The van der Waals surface area contributed by atoms with Crippen molar-refractivity contribution >= 4 is 23.4 Å². The first-order valence-electron chi connectivity index (χ1n) is 13.3. The number of esters is 1. The summed E-state index contributed by atoms with van der Waals surface area (Å²) in [5.74, 6) is 1.79. The number of ether oxygens (including phenoxy) is 1. The smallest absolute Gasteiger partial charge is 0.320 e. The second kappa shape index (κ2) is 9.43. The summed E-state index contributed by atoms with van der Waals surface area (Å²) in [6.07, 6.45) is 5.88. The number of nitrogens with zero attached hydrogens (tertiary/aromatic N) is 1. The Hall–Kier alpha value is -0.650. The number of hydrogen-bond acceptors (Lipinski definition) is 5. The molecule has 4 unspecified atom stereocenters. The molecule has 0 aromatic carbocycles. The quantitative estimate of drug-likeness (QED) is 0.441. The average molecular weight is 482 g/mol. The van der Waals surface area contributed by atoms with E-state index in [0.29, 0.717) is 24.3 Å². The molecule has 0 aromatic rings. The van der Waals surface area contributed by atoms with Crippen LogP contribution in [0.1, 0.15) is 79.6 Å². The number of carbonyl (C=O) groups excluding carboxylic acids is 2. The van der Waals surface area contributed by atoms with Gasteiger partial charge in [0.25, 0.3) is 0 Å². The van der Waals surface area contributed by atoms with Crippen LogP contribution in [0.4, 0.5) is 0 Å². The van der Waals surface area contributed by atoms with Crippen LogP contribution >= 0.6 is 11.6 Å². The summed E-state index contributed by atoms with van der Waals surface area (Å²) >= 11 is 6.66. The van der Waals surface area contributed by atoms with Gasteiger partial charge in [-0.2, -0.15) is 0 Å². The lowest BCUT2D eigenvalue weighted by molar-refractivity contribution is -0.199. The molecule has 4 aliphatic rings. The number of Topliss-reactive ketones (excluding diaryl/α,β-unsaturated/α-hetero) is 1. The second-order valence-electron chi connectivity index (χ2n) is 12.0. The molecule has 0 radical (unpaired) electrons. The van der Waals surface area contributed by atoms with Crippen molar-refractivity contribution < 1.29 is 19.4 Å². The van der Waals surface area contributed by atoms with Crippen LogP contribution in [0.25, 0.3) is 0 Å². The number of hydrogen-bond donors (Lipinski definition) is 1. The minimum atomic E-state index is -0.451. The fourth-order valence-electron chi connectivity index (χ4n) is 8.94. The Morgan fingerprint density at radius 2 is 1.76 bits per heavy atom. The van der Waals surface area contributed by atoms with Gasteiger partial charge in [-0.25, -0.2) is 0 Å². The Kier molecular flexibility index (Phi) is 7.27. The van der Waals surface area contributed by atoms with Crippen molar-refractivity contribution in [3.8, 4) is 0 Å². The van der Waals surface area contributed by atoms with Gasteiger partial charge in [-0.05, 0) is 93.5 Å². The lowest BCUT2D eigenvalue weighted by Crippen LogP contribution is -2.61. The molecule has 0 aliphatic heterocycles. The van der Waals surface area contributed by atoms with E-state index in [4.69, 9.17) is 16.3 Å². The second-order valence-corrected chi connectivity index (χ2v) is 12.6. The maximum absolute atomic E-state index is 13.1. The molecular formula is C27H44ClNO4. The van der Waals surface area contributed by atoms with E-state index in [1.807, 2.05) is 0 Å². The summed E-state index contributed by atoms with van der Waals surface area (Å²) < 4.78 is 6.38. The number of rotatable bonds is 6. The van der Waals surface area contributed by atoms with Crippen LogP contribution in [0.15, 0.2) is 0 Å². The average Bonchev–Trinajstić information content (AvgIpc) is 3.09. The van der Waals surface area contributed by atoms with Gasteiger partial charge < -0.3 is 9.84 Å². The van der Waals surface area contributed by atoms with Gasteiger partial charge >= 0.3 is 5.97 Å². The largest absolute Gasteiger partial charge is 0.461 e. The van der Waals surface area contributed by atoms with E-state index in [0.717, 1.165) is 58.0 Å². The molecule has 33 heavy (non-hydrogen) atoms. The molecule has 0 bridgehead atoms. The van der Waals surface area contributed by atoms with Gasteiger partial charge in [0.1, 0.15) is 11.9 Å². The van der Waals surface area contributed by atoms with Gasteiger partial charge in [0, 0.05) is 11.8 Å². The molecule has 4 aliphatic carbocycles. The summed E-state index contributed by atoms with van der Waals surface area (Å²) in [4.78, 5) is 27.8. The highest BCUT2D eigenvalue weighted by Gasteiger charge is 2.65. The molecule has 5 nitrogen and oxygen atoms in total. The summed E-state index contributed by atoms with van der Waals surface area (Å²) in [5.41, 5.74) is -0.158. The number of alkyl halides is 1. The van der Waals surface area contributed by atoms with Crippen LogP contribution < -0.4 is 0 Å². The maximum Gasteiger partial charge on any atom is 0.320 e. The van der Waals surface area contributed by atoms with E-state index in [9.17, 15) is 14.7 Å². The highest BCUT2D eigenvalue weighted by Crippen LogP contribution is 2.68. The van der Waals surface area contributed by atoms with E-state index >= 15 is 0 Å². The molecule has 0 saturated heterocycles. The zero-order chi connectivity index (χ0) is 24.1. The zero-order valence-corrected chi connectivity index (χ0v) is 21.9. The van der Waals surface area contributed by atoms with Crippen molar-refractivity contribution in [2.75, 3.05) is 19.6 Å². The van der Waals surface area contributed by atoms with Crippen molar-refractivity contribution in [1.29, 1.82) is 0 Å². The van der Waals surface area contributed by atoms with Crippen molar-refractivity contribution in [3.05, 3.63) is 0 Å². The zero-order valence-electron chi connectivity index (χ0n) is 21.2. The lowest BCUT2D eigenvalue weighted by atomic mass is 9.43. The standard InChI is InChI=1S/C27H44ClNO4/c1-6-29(7-2)15-24(32)33-23-14-27(5)19(16(3)30)10-11-20(27)18-9-8-17-12-22(31)21(28)13-26(17,4)25(18)23/h17-23,25,31H,6-15H2,1-5H3/t17?,18-,19+,20-,21?,22?,23?,25+,26-,27+/m0/s1. The molecule has 4 saturated carbocycles. The Morgan fingerprint density at radius 1 is 1.06 bits per heavy atom. The minimum Gasteiger partial charge on any atom is -0.461 e. The first-order chi connectivity index (χ1) is 15.5. The van der Waals surface area contributed by atoms with E-state index in [2.05, 4.69) is 32.6 Å². The SMILES string of the molecule is CCN(CC)CC(=O)OC1C[C@]2(C)[C@@H](C(C)=O)CC[C@H]2[C@@H]2CCC3CC(O)C(Cl)C[C@]3(C)[C@@H]12.